The Morgan fingerprint density at radius 2 is 2.06 bits per heavy atom. The zero-order valence-electron chi connectivity index (χ0n) is 26.7. The van der Waals surface area contributed by atoms with Crippen LogP contribution >= 0.6 is 11.6 Å². The normalized spacial score (nSPS) is 20.0. The van der Waals surface area contributed by atoms with Crippen molar-refractivity contribution in [3.63, 3.8) is 0 Å². The van der Waals surface area contributed by atoms with Gasteiger partial charge in [0.2, 0.25) is 18.4 Å². The quantitative estimate of drug-likeness (QED) is 0.219. The fourth-order valence-corrected chi connectivity index (χ4v) is 7.22. The summed E-state index contributed by atoms with van der Waals surface area (Å²) in [6.45, 7) is 16.7. The number of nitrogens with zero attached hydrogens (tertiary/aromatic N) is 8. The molecule has 248 valence electrons. The van der Waals surface area contributed by atoms with Gasteiger partial charge in [-0.15, -0.1) is 0 Å². The van der Waals surface area contributed by atoms with E-state index in [0.29, 0.717) is 50.7 Å². The number of hydrogen-bond donors (Lipinski definition) is 0. The molecule has 10 nitrogen and oxygen atoms in total. The number of rotatable bonds is 10. The van der Waals surface area contributed by atoms with Gasteiger partial charge in [-0.1, -0.05) is 30.3 Å². The van der Waals surface area contributed by atoms with E-state index in [-0.39, 0.29) is 55.9 Å². The number of fused-ring (bicyclic) bond motifs is 2. The molecule has 0 unspecified atom stereocenters. The second kappa shape index (κ2) is 13.6. The molecule has 4 heterocycles. The third-order valence-corrected chi connectivity index (χ3v) is 10.1. The maximum Gasteiger partial charge on any atom is 0.318 e. The molecule has 0 spiro atoms. The molecule has 2 aliphatic heterocycles. The van der Waals surface area contributed by atoms with Gasteiger partial charge < -0.3 is 29.2 Å². The number of aromatic nitrogens is 3. The first-order valence-corrected chi connectivity index (χ1v) is 16.4. The van der Waals surface area contributed by atoms with Crippen LogP contribution in [0.2, 0.25) is 5.02 Å². The SMILES string of the molecule is [C-]#[N+]C[C@H]1CN(c2nc(OCCN(C)[C@H](C)C3CC(F)(F)C3)nc3c2CCN(c2cncc4cccc(Cl)c24)C3)CCN1C(=O)C=C. The van der Waals surface area contributed by atoms with Gasteiger partial charge in [0.1, 0.15) is 18.5 Å². The Hall–Kier alpha value is -4.08. The van der Waals surface area contributed by atoms with Crippen LogP contribution in [0, 0.1) is 12.5 Å². The molecular formula is C34H39ClF2N8O2. The smallest absolute Gasteiger partial charge is 0.318 e. The van der Waals surface area contributed by atoms with Crippen LogP contribution in [0.4, 0.5) is 20.3 Å². The van der Waals surface area contributed by atoms with E-state index in [9.17, 15) is 13.6 Å². The minimum absolute atomic E-state index is 0.00174. The summed E-state index contributed by atoms with van der Waals surface area (Å²) in [5, 5.41) is 2.54. The highest BCUT2D eigenvalue weighted by Gasteiger charge is 2.48. The first kappa shape index (κ1) is 32.8. The standard InChI is InChI=1S/C34H39ClF2N8O2/c1-5-30(46)45-12-11-44(20-25(45)18-38-3)32-26-9-10-43(29-19-39-17-23-7-6-8-27(35)31(23)29)21-28(26)40-33(41-32)47-14-13-42(4)22(2)24-15-34(36,37)16-24/h5-8,17,19,22,24-25H,1,9-16,18,20-21H2,2,4H3/t22-,25+/m1/s1. The minimum atomic E-state index is -2.55. The summed E-state index contributed by atoms with van der Waals surface area (Å²) in [7, 11) is 1.92. The van der Waals surface area contributed by atoms with Crippen molar-refractivity contribution >= 4 is 39.8 Å². The number of pyridine rings is 1. The lowest BCUT2D eigenvalue weighted by molar-refractivity contribution is -0.128. The van der Waals surface area contributed by atoms with E-state index < -0.39 is 5.92 Å². The zero-order chi connectivity index (χ0) is 33.3. The van der Waals surface area contributed by atoms with Crippen molar-refractivity contribution < 1.29 is 18.3 Å². The number of ether oxygens (including phenoxy) is 1. The van der Waals surface area contributed by atoms with E-state index in [2.05, 4.69) is 26.2 Å². The summed E-state index contributed by atoms with van der Waals surface area (Å²) >= 11 is 6.67. The molecule has 3 aromatic rings. The number of amides is 1. The van der Waals surface area contributed by atoms with E-state index in [4.69, 9.17) is 32.9 Å². The summed E-state index contributed by atoms with van der Waals surface area (Å²) < 4.78 is 33.1. The lowest BCUT2D eigenvalue weighted by Gasteiger charge is -2.42. The van der Waals surface area contributed by atoms with Crippen LogP contribution in [0.15, 0.2) is 43.2 Å². The van der Waals surface area contributed by atoms with Crippen molar-refractivity contribution in [2.45, 2.75) is 50.7 Å². The van der Waals surface area contributed by atoms with Gasteiger partial charge in [0.15, 0.2) is 0 Å². The average molecular weight is 665 g/mol. The van der Waals surface area contributed by atoms with Crippen molar-refractivity contribution in [2.24, 2.45) is 5.92 Å². The van der Waals surface area contributed by atoms with Gasteiger partial charge in [-0.05, 0) is 38.5 Å². The third kappa shape index (κ3) is 6.83. The van der Waals surface area contributed by atoms with Gasteiger partial charge in [-0.3, -0.25) is 9.78 Å². The highest BCUT2D eigenvalue weighted by Crippen LogP contribution is 2.45. The predicted octanol–water partition coefficient (Wildman–Crippen LogP) is 5.11. The van der Waals surface area contributed by atoms with Crippen molar-refractivity contribution in [3.05, 3.63) is 70.9 Å². The molecule has 1 aromatic carbocycles. The van der Waals surface area contributed by atoms with Crippen molar-refractivity contribution in [1.29, 1.82) is 0 Å². The first-order chi connectivity index (χ1) is 22.6. The monoisotopic (exact) mass is 664 g/mol. The topological polar surface area (TPSA) is 82.3 Å². The second-order valence-corrected chi connectivity index (χ2v) is 13.1. The molecule has 1 saturated carbocycles. The Kier molecular flexibility index (Phi) is 9.48. The van der Waals surface area contributed by atoms with Crippen LogP contribution in [0.5, 0.6) is 6.01 Å². The van der Waals surface area contributed by atoms with Gasteiger partial charge in [0.05, 0.1) is 29.1 Å². The molecule has 1 aliphatic carbocycles. The Labute approximate surface area is 278 Å². The number of halogens is 3. The summed E-state index contributed by atoms with van der Waals surface area (Å²) in [5.41, 5.74) is 2.76. The van der Waals surface area contributed by atoms with E-state index in [1.54, 1.807) is 11.1 Å². The number of likely N-dealkylation sites (N-methyl/N-ethyl adjacent to an activating group) is 1. The third-order valence-electron chi connectivity index (χ3n) is 9.79. The molecule has 1 amide bonds. The molecule has 0 N–H and O–H groups in total. The molecule has 3 aliphatic rings. The van der Waals surface area contributed by atoms with Crippen LogP contribution < -0.4 is 14.5 Å². The lowest BCUT2D eigenvalue weighted by atomic mass is 9.76. The van der Waals surface area contributed by atoms with Crippen molar-refractivity contribution in [2.75, 3.05) is 62.7 Å². The van der Waals surface area contributed by atoms with E-state index in [1.165, 1.54) is 6.08 Å². The van der Waals surface area contributed by atoms with Crippen molar-refractivity contribution in [3.8, 4) is 6.01 Å². The molecule has 47 heavy (non-hydrogen) atoms. The summed E-state index contributed by atoms with van der Waals surface area (Å²) in [6.07, 6.45) is 5.44. The number of carbonyl (C=O) groups excluding carboxylic acids is 1. The number of alkyl halides is 2. The molecule has 2 aromatic heterocycles. The largest absolute Gasteiger partial charge is 0.462 e. The Morgan fingerprint density at radius 1 is 1.26 bits per heavy atom. The first-order valence-electron chi connectivity index (χ1n) is 16.0. The summed E-state index contributed by atoms with van der Waals surface area (Å²) in [4.78, 5) is 38.5. The number of benzene rings is 1. The molecule has 1 saturated heterocycles. The molecule has 0 bridgehead atoms. The molecule has 0 radical (unpaired) electrons. The van der Waals surface area contributed by atoms with E-state index in [0.717, 1.165) is 33.5 Å². The fraction of sp³-hybridized carbons (Fsp3) is 0.500. The molecular weight excluding hydrogens is 626 g/mol. The highest BCUT2D eigenvalue weighted by atomic mass is 35.5. The summed E-state index contributed by atoms with van der Waals surface area (Å²) in [6, 6.07) is 5.71. The van der Waals surface area contributed by atoms with E-state index >= 15 is 0 Å². The van der Waals surface area contributed by atoms with Gasteiger partial charge >= 0.3 is 6.01 Å². The van der Waals surface area contributed by atoms with Crippen molar-refractivity contribution in [1.82, 2.24) is 24.8 Å². The van der Waals surface area contributed by atoms with E-state index in [1.807, 2.05) is 43.3 Å². The number of carbonyl (C=O) groups is 1. The summed E-state index contributed by atoms with van der Waals surface area (Å²) in [5.74, 6) is -2.03. The van der Waals surface area contributed by atoms with Gasteiger partial charge in [-0.25, -0.2) is 15.4 Å². The molecule has 6 rings (SSSR count). The number of piperazine rings is 1. The van der Waals surface area contributed by atoms with Crippen LogP contribution in [-0.2, 0) is 17.8 Å². The number of anilines is 2. The van der Waals surface area contributed by atoms with Crippen LogP contribution in [0.3, 0.4) is 0 Å². The van der Waals surface area contributed by atoms with Gasteiger partial charge in [-0.2, -0.15) is 9.97 Å². The highest BCUT2D eigenvalue weighted by molar-refractivity contribution is 6.36. The predicted molar refractivity (Wildman–Crippen MR) is 178 cm³/mol. The minimum Gasteiger partial charge on any atom is -0.462 e. The van der Waals surface area contributed by atoms with Gasteiger partial charge in [0, 0.05) is 74.1 Å². The van der Waals surface area contributed by atoms with Crippen LogP contribution in [0.1, 0.15) is 31.0 Å². The average Bonchev–Trinajstić information content (AvgIpc) is 3.05. The van der Waals surface area contributed by atoms with Crippen LogP contribution in [0.25, 0.3) is 15.6 Å². The molecule has 2 atom stereocenters. The Bertz CT molecular complexity index is 1690. The lowest BCUT2D eigenvalue weighted by Crippen LogP contribution is -2.56. The second-order valence-electron chi connectivity index (χ2n) is 12.7. The molecule has 2 fully saturated rings. The van der Waals surface area contributed by atoms with Crippen LogP contribution in [-0.4, -0.2) is 102 Å². The maximum absolute atomic E-state index is 13.5. The molecule has 13 heteroatoms. The zero-order valence-corrected chi connectivity index (χ0v) is 27.5. The maximum atomic E-state index is 13.5. The fourth-order valence-electron chi connectivity index (χ4n) is 6.94. The Balaban J connectivity index is 1.27. The Morgan fingerprint density at radius 3 is 2.81 bits per heavy atom. The number of hydrogen-bond acceptors (Lipinski definition) is 8. The van der Waals surface area contributed by atoms with Gasteiger partial charge in [0.25, 0.3) is 0 Å².